The quantitative estimate of drug-likeness (QED) is 0.779. The van der Waals surface area contributed by atoms with Crippen LogP contribution in [0.3, 0.4) is 0 Å². The third-order valence-electron chi connectivity index (χ3n) is 4.12. The summed E-state index contributed by atoms with van der Waals surface area (Å²) in [7, 11) is 1.95. The summed E-state index contributed by atoms with van der Waals surface area (Å²) in [5.74, 6) is 0.932. The van der Waals surface area contributed by atoms with Gasteiger partial charge in [-0.1, -0.05) is 20.3 Å². The van der Waals surface area contributed by atoms with Crippen LogP contribution >= 0.6 is 0 Å². The maximum atomic E-state index is 12.3. The summed E-state index contributed by atoms with van der Waals surface area (Å²) in [5, 5.41) is 0. The topological polar surface area (TPSA) is 46.3 Å². The Morgan fingerprint density at radius 2 is 2.00 bits per heavy atom. The fourth-order valence-electron chi connectivity index (χ4n) is 2.92. The van der Waals surface area contributed by atoms with E-state index in [4.69, 9.17) is 5.73 Å². The zero-order chi connectivity index (χ0) is 12.1. The number of carbonyl (C=O) groups excluding carboxylic acids is 1. The first kappa shape index (κ1) is 13.5. The van der Waals surface area contributed by atoms with Crippen molar-refractivity contribution in [1.29, 1.82) is 0 Å². The molecule has 94 valence electrons. The van der Waals surface area contributed by atoms with Crippen molar-refractivity contribution in [2.24, 2.45) is 17.6 Å². The molecule has 2 unspecified atom stereocenters. The largest absolute Gasteiger partial charge is 0.343 e. The molecule has 3 nitrogen and oxygen atoms in total. The van der Waals surface area contributed by atoms with Crippen molar-refractivity contribution in [2.75, 3.05) is 13.6 Å². The van der Waals surface area contributed by atoms with Gasteiger partial charge in [0.15, 0.2) is 0 Å². The van der Waals surface area contributed by atoms with Gasteiger partial charge in [0.1, 0.15) is 0 Å². The highest BCUT2D eigenvalue weighted by molar-refractivity contribution is 5.79. The van der Waals surface area contributed by atoms with E-state index in [0.717, 1.165) is 32.1 Å². The number of hydrogen-bond acceptors (Lipinski definition) is 2. The van der Waals surface area contributed by atoms with E-state index in [2.05, 4.69) is 13.8 Å². The minimum absolute atomic E-state index is 0.190. The van der Waals surface area contributed by atoms with Crippen molar-refractivity contribution in [3.63, 3.8) is 0 Å². The summed E-state index contributed by atoms with van der Waals surface area (Å²) in [6, 6.07) is 0.395. The minimum atomic E-state index is 0.190. The first-order valence-corrected chi connectivity index (χ1v) is 6.62. The fraction of sp³-hybridized carbons (Fsp3) is 0.923. The van der Waals surface area contributed by atoms with E-state index < -0.39 is 0 Å². The molecule has 1 amide bonds. The summed E-state index contributed by atoms with van der Waals surface area (Å²) in [6.07, 6.45) is 5.40. The van der Waals surface area contributed by atoms with Gasteiger partial charge in [-0.2, -0.15) is 0 Å². The van der Waals surface area contributed by atoms with Gasteiger partial charge in [-0.3, -0.25) is 4.79 Å². The maximum absolute atomic E-state index is 12.3. The molecule has 1 aliphatic carbocycles. The van der Waals surface area contributed by atoms with Crippen LogP contribution in [0.4, 0.5) is 0 Å². The second-order valence-electron chi connectivity index (χ2n) is 4.95. The van der Waals surface area contributed by atoms with Crippen molar-refractivity contribution in [2.45, 2.75) is 52.0 Å². The van der Waals surface area contributed by atoms with Crippen molar-refractivity contribution < 1.29 is 4.79 Å². The Bertz CT molecular complexity index is 226. The molecule has 0 aromatic rings. The molecule has 3 heteroatoms. The summed E-state index contributed by atoms with van der Waals surface area (Å²) in [4.78, 5) is 14.3. The van der Waals surface area contributed by atoms with E-state index in [1.807, 2.05) is 11.9 Å². The van der Waals surface area contributed by atoms with Gasteiger partial charge in [0, 0.05) is 19.0 Å². The molecule has 16 heavy (non-hydrogen) atoms. The number of nitrogens with two attached hydrogens (primary N) is 1. The van der Waals surface area contributed by atoms with Gasteiger partial charge >= 0.3 is 0 Å². The Morgan fingerprint density at radius 3 is 2.50 bits per heavy atom. The molecule has 0 bridgehead atoms. The average Bonchev–Trinajstić information content (AvgIpc) is 2.77. The van der Waals surface area contributed by atoms with Crippen molar-refractivity contribution in [3.05, 3.63) is 0 Å². The third-order valence-corrected chi connectivity index (χ3v) is 4.12. The molecule has 0 aromatic heterocycles. The van der Waals surface area contributed by atoms with Crippen molar-refractivity contribution in [3.8, 4) is 0 Å². The molecular weight excluding hydrogens is 200 g/mol. The molecular formula is C13H26N2O. The van der Waals surface area contributed by atoms with Crippen LogP contribution in [0.2, 0.25) is 0 Å². The Morgan fingerprint density at radius 1 is 1.38 bits per heavy atom. The Labute approximate surface area is 99.4 Å². The summed E-state index contributed by atoms with van der Waals surface area (Å²) >= 11 is 0. The van der Waals surface area contributed by atoms with Gasteiger partial charge in [-0.05, 0) is 38.1 Å². The summed E-state index contributed by atoms with van der Waals surface area (Å²) < 4.78 is 0. The van der Waals surface area contributed by atoms with Gasteiger partial charge in [-0.15, -0.1) is 0 Å². The first-order chi connectivity index (χ1) is 7.65. The molecule has 1 fully saturated rings. The van der Waals surface area contributed by atoms with Crippen LogP contribution in [-0.4, -0.2) is 30.4 Å². The zero-order valence-corrected chi connectivity index (χ0v) is 10.9. The van der Waals surface area contributed by atoms with E-state index in [-0.39, 0.29) is 5.92 Å². The molecule has 2 atom stereocenters. The molecule has 2 N–H and O–H groups in total. The number of nitrogens with zero attached hydrogens (tertiary/aromatic N) is 1. The number of rotatable bonds is 5. The van der Waals surface area contributed by atoms with Gasteiger partial charge in [-0.25, -0.2) is 0 Å². The van der Waals surface area contributed by atoms with E-state index in [9.17, 15) is 4.79 Å². The molecule has 1 aliphatic rings. The molecule has 0 aliphatic heterocycles. The second kappa shape index (κ2) is 6.24. The number of amides is 1. The van der Waals surface area contributed by atoms with E-state index in [0.29, 0.717) is 24.4 Å². The van der Waals surface area contributed by atoms with Crippen LogP contribution in [0.5, 0.6) is 0 Å². The second-order valence-corrected chi connectivity index (χ2v) is 4.95. The molecule has 0 radical (unpaired) electrons. The lowest BCUT2D eigenvalue weighted by molar-refractivity contribution is -0.137. The SMILES string of the molecule is CCC(CC)N(C)C(=O)C1CCCC1CN. The van der Waals surface area contributed by atoms with Crippen LogP contribution in [0.25, 0.3) is 0 Å². The van der Waals surface area contributed by atoms with Crippen LogP contribution < -0.4 is 5.73 Å². The van der Waals surface area contributed by atoms with Crippen LogP contribution in [0, 0.1) is 11.8 Å². The van der Waals surface area contributed by atoms with Crippen LogP contribution in [0.15, 0.2) is 0 Å². The smallest absolute Gasteiger partial charge is 0.225 e. The Balaban J connectivity index is 2.62. The predicted molar refractivity (Wildman–Crippen MR) is 67.0 cm³/mol. The highest BCUT2D eigenvalue weighted by Gasteiger charge is 2.34. The monoisotopic (exact) mass is 226 g/mol. The normalized spacial score (nSPS) is 25.1. The van der Waals surface area contributed by atoms with Gasteiger partial charge < -0.3 is 10.6 Å². The fourth-order valence-corrected chi connectivity index (χ4v) is 2.92. The summed E-state index contributed by atoms with van der Waals surface area (Å²) in [5.41, 5.74) is 5.73. The Kier molecular flexibility index (Phi) is 5.26. The van der Waals surface area contributed by atoms with Crippen molar-refractivity contribution >= 4 is 5.91 Å². The maximum Gasteiger partial charge on any atom is 0.225 e. The Hall–Kier alpha value is -0.570. The summed E-state index contributed by atoms with van der Waals surface area (Å²) in [6.45, 7) is 4.95. The van der Waals surface area contributed by atoms with Gasteiger partial charge in [0.05, 0.1) is 0 Å². The molecule has 1 rings (SSSR count). The molecule has 1 saturated carbocycles. The lowest BCUT2D eigenvalue weighted by Gasteiger charge is -2.30. The van der Waals surface area contributed by atoms with Gasteiger partial charge in [0.2, 0.25) is 5.91 Å². The zero-order valence-electron chi connectivity index (χ0n) is 10.9. The number of hydrogen-bond donors (Lipinski definition) is 1. The third kappa shape index (κ3) is 2.76. The molecule has 0 spiro atoms. The highest BCUT2D eigenvalue weighted by Crippen LogP contribution is 2.32. The van der Waals surface area contributed by atoms with E-state index in [1.54, 1.807) is 0 Å². The van der Waals surface area contributed by atoms with E-state index in [1.165, 1.54) is 0 Å². The molecule has 0 heterocycles. The predicted octanol–water partition coefficient (Wildman–Crippen LogP) is 2.01. The van der Waals surface area contributed by atoms with Crippen LogP contribution in [-0.2, 0) is 4.79 Å². The van der Waals surface area contributed by atoms with E-state index >= 15 is 0 Å². The lowest BCUT2D eigenvalue weighted by atomic mass is 9.94. The molecule has 0 aromatic carbocycles. The number of carbonyl (C=O) groups is 1. The van der Waals surface area contributed by atoms with Gasteiger partial charge in [0.25, 0.3) is 0 Å². The standard InChI is InChI=1S/C13H26N2O/c1-4-11(5-2)15(3)13(16)12-8-6-7-10(12)9-14/h10-12H,4-9,14H2,1-3H3. The average molecular weight is 226 g/mol. The highest BCUT2D eigenvalue weighted by atomic mass is 16.2. The van der Waals surface area contributed by atoms with Crippen LogP contribution in [0.1, 0.15) is 46.0 Å². The lowest BCUT2D eigenvalue weighted by Crippen LogP contribution is -2.42. The first-order valence-electron chi connectivity index (χ1n) is 6.62. The minimum Gasteiger partial charge on any atom is -0.343 e. The molecule has 0 saturated heterocycles. The van der Waals surface area contributed by atoms with Crippen molar-refractivity contribution in [1.82, 2.24) is 4.90 Å².